The van der Waals surface area contributed by atoms with Crippen molar-refractivity contribution in [3.8, 4) is 11.5 Å². The van der Waals surface area contributed by atoms with Gasteiger partial charge in [0.05, 0.1) is 17.4 Å². The van der Waals surface area contributed by atoms with E-state index in [9.17, 15) is 4.79 Å². The van der Waals surface area contributed by atoms with Crippen LogP contribution < -0.4 is 15.0 Å². The third-order valence-corrected chi connectivity index (χ3v) is 4.17. The standard InChI is InChI=1S/C17H14N2O3S/c20-16-12-5-1-2-6-13(12)18-17(23)19(16)9-11-10-21-14-7-3-4-8-15(14)22-11/h1-8,11H,9-10H2,(H,18,23)/t11-/m1/s1. The highest BCUT2D eigenvalue weighted by molar-refractivity contribution is 7.71. The van der Waals surface area contributed by atoms with Gasteiger partial charge in [-0.3, -0.25) is 9.36 Å². The van der Waals surface area contributed by atoms with E-state index in [0.29, 0.717) is 29.1 Å². The van der Waals surface area contributed by atoms with Crippen LogP contribution in [0.4, 0.5) is 0 Å². The number of fused-ring (bicyclic) bond motifs is 2. The zero-order valence-electron chi connectivity index (χ0n) is 12.2. The number of benzene rings is 2. The molecule has 4 rings (SSSR count). The van der Waals surface area contributed by atoms with Crippen molar-refractivity contribution in [3.63, 3.8) is 0 Å². The van der Waals surface area contributed by atoms with Gasteiger partial charge in [0.1, 0.15) is 6.61 Å². The van der Waals surface area contributed by atoms with E-state index < -0.39 is 0 Å². The van der Waals surface area contributed by atoms with E-state index in [1.54, 1.807) is 6.07 Å². The Hall–Kier alpha value is -2.60. The molecule has 0 unspecified atom stereocenters. The highest BCUT2D eigenvalue weighted by atomic mass is 32.1. The number of rotatable bonds is 2. The summed E-state index contributed by atoms with van der Waals surface area (Å²) in [6.45, 7) is 0.721. The molecule has 2 heterocycles. The SMILES string of the molecule is O=c1c2ccccc2[nH]c(=S)n1C[C@@H]1COc2ccccc2O1. The fraction of sp³-hybridized carbons (Fsp3) is 0.176. The molecule has 1 atom stereocenters. The first-order valence-electron chi connectivity index (χ1n) is 7.33. The van der Waals surface area contributed by atoms with Crippen molar-refractivity contribution in [2.45, 2.75) is 12.6 Å². The van der Waals surface area contributed by atoms with Crippen LogP contribution in [0.2, 0.25) is 0 Å². The fourth-order valence-electron chi connectivity index (χ4n) is 2.72. The van der Waals surface area contributed by atoms with Crippen LogP contribution in [-0.4, -0.2) is 22.3 Å². The fourth-order valence-corrected chi connectivity index (χ4v) is 2.99. The number of nitrogens with one attached hydrogen (secondary N) is 1. The molecule has 3 aromatic rings. The summed E-state index contributed by atoms with van der Waals surface area (Å²) in [6, 6.07) is 14.8. The van der Waals surface area contributed by atoms with Gasteiger partial charge in [0.2, 0.25) is 0 Å². The molecule has 0 spiro atoms. The number of H-pyrrole nitrogens is 1. The maximum Gasteiger partial charge on any atom is 0.262 e. The molecule has 5 nitrogen and oxygen atoms in total. The van der Waals surface area contributed by atoms with Gasteiger partial charge in [0.25, 0.3) is 5.56 Å². The van der Waals surface area contributed by atoms with Gasteiger partial charge in [-0.15, -0.1) is 0 Å². The summed E-state index contributed by atoms with van der Waals surface area (Å²) in [6.07, 6.45) is -0.265. The summed E-state index contributed by atoms with van der Waals surface area (Å²) in [4.78, 5) is 15.7. The largest absolute Gasteiger partial charge is 0.486 e. The lowest BCUT2D eigenvalue weighted by Gasteiger charge is -2.26. The zero-order valence-corrected chi connectivity index (χ0v) is 13.0. The van der Waals surface area contributed by atoms with Gasteiger partial charge < -0.3 is 14.5 Å². The lowest BCUT2D eigenvalue weighted by atomic mass is 10.2. The Morgan fingerprint density at radius 1 is 1.13 bits per heavy atom. The van der Waals surface area contributed by atoms with Crippen molar-refractivity contribution in [2.75, 3.05) is 6.61 Å². The number of nitrogens with zero attached hydrogens (tertiary/aromatic N) is 1. The molecule has 1 aliphatic heterocycles. The predicted octanol–water partition coefficient (Wildman–Crippen LogP) is 2.90. The normalized spacial score (nSPS) is 16.4. The lowest BCUT2D eigenvalue weighted by molar-refractivity contribution is 0.0774. The van der Waals surface area contributed by atoms with E-state index in [2.05, 4.69) is 4.98 Å². The summed E-state index contributed by atoms with van der Waals surface area (Å²) < 4.78 is 13.5. The van der Waals surface area contributed by atoms with Crippen molar-refractivity contribution in [1.29, 1.82) is 0 Å². The minimum Gasteiger partial charge on any atom is -0.486 e. The molecule has 6 heteroatoms. The second-order valence-corrected chi connectivity index (χ2v) is 5.78. The van der Waals surface area contributed by atoms with Crippen LogP contribution in [0.15, 0.2) is 53.3 Å². The molecule has 0 bridgehead atoms. The summed E-state index contributed by atoms with van der Waals surface area (Å²) in [7, 11) is 0. The van der Waals surface area contributed by atoms with Crippen molar-refractivity contribution >= 4 is 23.1 Å². The molecule has 2 aromatic carbocycles. The summed E-state index contributed by atoms with van der Waals surface area (Å²) in [5.41, 5.74) is 0.622. The second-order valence-electron chi connectivity index (χ2n) is 5.39. The number of aromatic nitrogens is 2. The maximum absolute atomic E-state index is 12.6. The van der Waals surface area contributed by atoms with Gasteiger partial charge in [-0.1, -0.05) is 24.3 Å². The number of hydrogen-bond acceptors (Lipinski definition) is 4. The molecule has 0 amide bonds. The first-order valence-corrected chi connectivity index (χ1v) is 7.73. The Morgan fingerprint density at radius 3 is 2.74 bits per heavy atom. The smallest absolute Gasteiger partial charge is 0.262 e. The van der Waals surface area contributed by atoms with Crippen LogP contribution in [-0.2, 0) is 6.54 Å². The second kappa shape index (κ2) is 5.55. The lowest BCUT2D eigenvalue weighted by Crippen LogP contribution is -2.37. The van der Waals surface area contributed by atoms with Gasteiger partial charge in [0, 0.05) is 0 Å². The van der Waals surface area contributed by atoms with Crippen molar-refractivity contribution in [1.82, 2.24) is 9.55 Å². The third-order valence-electron chi connectivity index (χ3n) is 3.84. The number of para-hydroxylation sites is 3. The zero-order chi connectivity index (χ0) is 15.8. The number of hydrogen-bond donors (Lipinski definition) is 1. The van der Waals surface area contributed by atoms with Crippen LogP contribution in [0.3, 0.4) is 0 Å². The third kappa shape index (κ3) is 2.51. The average molecular weight is 326 g/mol. The quantitative estimate of drug-likeness (QED) is 0.736. The van der Waals surface area contributed by atoms with Crippen molar-refractivity contribution < 1.29 is 9.47 Å². The molecule has 1 N–H and O–H groups in total. The van der Waals surface area contributed by atoms with Gasteiger partial charge in [-0.05, 0) is 36.5 Å². The maximum atomic E-state index is 12.6. The Kier molecular flexibility index (Phi) is 3.38. The molecule has 1 aliphatic rings. The average Bonchev–Trinajstić information content (AvgIpc) is 2.58. The molecule has 0 aliphatic carbocycles. The first-order chi connectivity index (χ1) is 11.2. The molecular formula is C17H14N2O3S. The van der Waals surface area contributed by atoms with Crippen LogP contribution in [0, 0.1) is 4.77 Å². The van der Waals surface area contributed by atoms with Gasteiger partial charge in [0.15, 0.2) is 22.4 Å². The minimum absolute atomic E-state index is 0.119. The Balaban J connectivity index is 1.69. The Bertz CT molecular complexity index is 993. The van der Waals surface area contributed by atoms with Gasteiger partial charge in [-0.25, -0.2) is 0 Å². The molecule has 0 saturated heterocycles. The molecule has 0 radical (unpaired) electrons. The monoisotopic (exact) mass is 326 g/mol. The first kappa shape index (κ1) is 14.0. The summed E-state index contributed by atoms with van der Waals surface area (Å²) in [5, 5.41) is 0.609. The van der Waals surface area contributed by atoms with E-state index in [-0.39, 0.29) is 11.7 Å². The van der Waals surface area contributed by atoms with E-state index in [1.165, 1.54) is 4.57 Å². The van der Waals surface area contributed by atoms with Crippen molar-refractivity contribution in [3.05, 3.63) is 63.7 Å². The van der Waals surface area contributed by atoms with Crippen molar-refractivity contribution in [2.24, 2.45) is 0 Å². The molecule has 116 valence electrons. The predicted molar refractivity (Wildman–Crippen MR) is 89.7 cm³/mol. The highest BCUT2D eigenvalue weighted by Gasteiger charge is 2.22. The van der Waals surface area contributed by atoms with Crippen LogP contribution in [0.1, 0.15) is 0 Å². The Morgan fingerprint density at radius 2 is 1.87 bits per heavy atom. The Labute approximate surface area is 137 Å². The van der Waals surface area contributed by atoms with Crippen LogP contribution in [0.25, 0.3) is 10.9 Å². The topological polar surface area (TPSA) is 56.2 Å². The van der Waals surface area contributed by atoms with Gasteiger partial charge in [-0.2, -0.15) is 0 Å². The minimum atomic E-state index is -0.265. The summed E-state index contributed by atoms with van der Waals surface area (Å²) in [5.74, 6) is 1.41. The van der Waals surface area contributed by atoms with Crippen LogP contribution >= 0.6 is 12.2 Å². The molecule has 0 fully saturated rings. The van der Waals surface area contributed by atoms with E-state index in [4.69, 9.17) is 21.7 Å². The molecule has 23 heavy (non-hydrogen) atoms. The van der Waals surface area contributed by atoms with Gasteiger partial charge >= 0.3 is 0 Å². The van der Waals surface area contributed by atoms with E-state index >= 15 is 0 Å². The van der Waals surface area contributed by atoms with Crippen LogP contribution in [0.5, 0.6) is 11.5 Å². The number of ether oxygens (including phenoxy) is 2. The number of aromatic amines is 1. The molecular weight excluding hydrogens is 312 g/mol. The highest BCUT2D eigenvalue weighted by Crippen LogP contribution is 2.31. The van der Waals surface area contributed by atoms with E-state index in [0.717, 1.165) is 11.3 Å². The summed E-state index contributed by atoms with van der Waals surface area (Å²) >= 11 is 5.32. The van der Waals surface area contributed by atoms with E-state index in [1.807, 2.05) is 42.5 Å². The molecule has 1 aromatic heterocycles. The molecule has 0 saturated carbocycles.